The highest BCUT2D eigenvalue weighted by molar-refractivity contribution is 6.04. The first-order valence-electron chi connectivity index (χ1n) is 5.49. The van der Waals surface area contributed by atoms with Crippen LogP contribution in [0, 0.1) is 0 Å². The molecular weight excluding hydrogens is 238 g/mol. The molecule has 1 saturated heterocycles. The molecule has 2 rings (SSSR count). The minimum atomic E-state index is -0.524. The molecule has 2 heterocycles. The van der Waals surface area contributed by atoms with Crippen LogP contribution >= 0.6 is 0 Å². The summed E-state index contributed by atoms with van der Waals surface area (Å²) in [7, 11) is 0. The Balaban J connectivity index is 1.72. The van der Waals surface area contributed by atoms with E-state index in [-0.39, 0.29) is 24.9 Å². The van der Waals surface area contributed by atoms with Crippen LogP contribution in [-0.4, -0.2) is 52.3 Å². The van der Waals surface area contributed by atoms with Crippen molar-refractivity contribution in [2.45, 2.75) is 6.42 Å². The van der Waals surface area contributed by atoms with Gasteiger partial charge in [-0.2, -0.15) is 0 Å². The largest absolute Gasteiger partial charge is 0.354 e. The van der Waals surface area contributed by atoms with E-state index in [1.54, 1.807) is 12.5 Å². The number of H-pyrrole nitrogens is 1. The summed E-state index contributed by atoms with van der Waals surface area (Å²) in [5, 5.41) is 4.98. The molecule has 96 valence electrons. The van der Waals surface area contributed by atoms with Gasteiger partial charge in [0.15, 0.2) is 0 Å². The summed E-state index contributed by atoms with van der Waals surface area (Å²) < 4.78 is 0. The van der Waals surface area contributed by atoms with Crippen molar-refractivity contribution >= 4 is 17.8 Å². The Kier molecular flexibility index (Phi) is 3.56. The third-order valence-electron chi connectivity index (χ3n) is 2.51. The number of urea groups is 1. The topological polar surface area (TPSA) is 107 Å². The summed E-state index contributed by atoms with van der Waals surface area (Å²) in [6.45, 7) is 0.137. The third kappa shape index (κ3) is 2.84. The van der Waals surface area contributed by atoms with Gasteiger partial charge < -0.3 is 15.6 Å². The summed E-state index contributed by atoms with van der Waals surface area (Å²) >= 11 is 0. The molecule has 0 spiro atoms. The molecule has 8 heteroatoms. The van der Waals surface area contributed by atoms with Gasteiger partial charge in [-0.05, 0) is 0 Å². The highest BCUT2D eigenvalue weighted by Crippen LogP contribution is 1.98. The van der Waals surface area contributed by atoms with Crippen molar-refractivity contribution in [2.75, 3.05) is 19.6 Å². The summed E-state index contributed by atoms with van der Waals surface area (Å²) in [5.41, 5.74) is 0.908. The molecule has 0 aromatic carbocycles. The Labute approximate surface area is 103 Å². The van der Waals surface area contributed by atoms with Gasteiger partial charge in [0.05, 0.1) is 12.9 Å². The molecule has 0 unspecified atom stereocenters. The van der Waals surface area contributed by atoms with Gasteiger partial charge in [0.25, 0.3) is 5.91 Å². The monoisotopic (exact) mass is 251 g/mol. The number of nitrogens with zero attached hydrogens (tertiary/aromatic N) is 2. The van der Waals surface area contributed by atoms with Crippen LogP contribution in [0.15, 0.2) is 12.5 Å². The lowest BCUT2D eigenvalue weighted by Crippen LogP contribution is -2.41. The fourth-order valence-corrected chi connectivity index (χ4v) is 1.57. The number of aromatic nitrogens is 2. The maximum atomic E-state index is 11.5. The Morgan fingerprint density at radius 1 is 1.50 bits per heavy atom. The number of hydrogen-bond acceptors (Lipinski definition) is 4. The average molecular weight is 251 g/mol. The number of carbonyl (C=O) groups is 3. The van der Waals surface area contributed by atoms with E-state index >= 15 is 0 Å². The SMILES string of the molecule is O=C(CN1C(=O)CNC1=O)NCCc1cnc[nH]1. The van der Waals surface area contributed by atoms with Gasteiger partial charge in [0, 0.05) is 24.9 Å². The molecule has 1 fully saturated rings. The Morgan fingerprint density at radius 3 is 2.94 bits per heavy atom. The first-order valence-corrected chi connectivity index (χ1v) is 5.49. The fraction of sp³-hybridized carbons (Fsp3) is 0.400. The van der Waals surface area contributed by atoms with Crippen LogP contribution in [0.3, 0.4) is 0 Å². The number of nitrogens with one attached hydrogen (secondary N) is 3. The van der Waals surface area contributed by atoms with E-state index in [1.807, 2.05) is 0 Å². The maximum Gasteiger partial charge on any atom is 0.325 e. The van der Waals surface area contributed by atoms with Crippen LogP contribution in [0.5, 0.6) is 0 Å². The van der Waals surface area contributed by atoms with Gasteiger partial charge in [-0.1, -0.05) is 0 Å². The molecule has 8 nitrogen and oxygen atoms in total. The first-order chi connectivity index (χ1) is 8.66. The minimum Gasteiger partial charge on any atom is -0.354 e. The van der Waals surface area contributed by atoms with Crippen LogP contribution in [0.25, 0.3) is 0 Å². The van der Waals surface area contributed by atoms with Gasteiger partial charge >= 0.3 is 6.03 Å². The van der Waals surface area contributed by atoms with Crippen molar-refractivity contribution in [3.05, 3.63) is 18.2 Å². The van der Waals surface area contributed by atoms with E-state index in [9.17, 15) is 14.4 Å². The molecule has 1 aliphatic rings. The quantitative estimate of drug-likeness (QED) is 0.560. The van der Waals surface area contributed by atoms with Crippen LogP contribution in [-0.2, 0) is 16.0 Å². The number of carbonyl (C=O) groups excluding carboxylic acids is 3. The van der Waals surface area contributed by atoms with E-state index < -0.39 is 6.03 Å². The molecule has 1 aliphatic heterocycles. The second-order valence-electron chi connectivity index (χ2n) is 3.82. The lowest BCUT2D eigenvalue weighted by atomic mass is 10.3. The van der Waals surface area contributed by atoms with E-state index in [1.165, 1.54) is 0 Å². The van der Waals surface area contributed by atoms with Crippen molar-refractivity contribution in [2.24, 2.45) is 0 Å². The number of hydrogen-bond donors (Lipinski definition) is 3. The van der Waals surface area contributed by atoms with Crippen molar-refractivity contribution < 1.29 is 14.4 Å². The zero-order chi connectivity index (χ0) is 13.0. The van der Waals surface area contributed by atoms with Gasteiger partial charge in [0.2, 0.25) is 5.91 Å². The molecule has 18 heavy (non-hydrogen) atoms. The zero-order valence-corrected chi connectivity index (χ0v) is 9.60. The van der Waals surface area contributed by atoms with Crippen LogP contribution in [0.2, 0.25) is 0 Å². The van der Waals surface area contributed by atoms with Crippen LogP contribution < -0.4 is 10.6 Å². The molecular formula is C10H13N5O3. The number of imidazole rings is 1. The van der Waals surface area contributed by atoms with Gasteiger partial charge in [-0.3, -0.25) is 14.5 Å². The Bertz CT molecular complexity index is 440. The molecule has 0 radical (unpaired) electrons. The maximum absolute atomic E-state index is 11.5. The van der Waals surface area contributed by atoms with Crippen molar-refractivity contribution in [3.8, 4) is 0 Å². The van der Waals surface area contributed by atoms with E-state index in [2.05, 4.69) is 20.6 Å². The third-order valence-corrected chi connectivity index (χ3v) is 2.51. The van der Waals surface area contributed by atoms with Crippen LogP contribution in [0.4, 0.5) is 4.79 Å². The molecule has 0 bridgehead atoms. The Morgan fingerprint density at radius 2 is 2.33 bits per heavy atom. The number of amides is 4. The lowest BCUT2D eigenvalue weighted by Gasteiger charge is -2.11. The van der Waals surface area contributed by atoms with E-state index in [4.69, 9.17) is 0 Å². The number of rotatable bonds is 5. The molecule has 1 aromatic heterocycles. The molecule has 0 aliphatic carbocycles. The lowest BCUT2D eigenvalue weighted by molar-refractivity contribution is -0.130. The predicted molar refractivity (Wildman–Crippen MR) is 60.4 cm³/mol. The number of aromatic amines is 1. The molecule has 0 saturated carbocycles. The normalized spacial score (nSPS) is 14.8. The number of imide groups is 1. The predicted octanol–water partition coefficient (Wildman–Crippen LogP) is -1.38. The van der Waals surface area contributed by atoms with Crippen molar-refractivity contribution in [1.82, 2.24) is 25.5 Å². The highest BCUT2D eigenvalue weighted by atomic mass is 16.2. The van der Waals surface area contributed by atoms with E-state index in [0.29, 0.717) is 13.0 Å². The summed E-state index contributed by atoms with van der Waals surface area (Å²) in [6, 6.07) is -0.524. The van der Waals surface area contributed by atoms with Gasteiger partial charge in [-0.15, -0.1) is 0 Å². The van der Waals surface area contributed by atoms with Gasteiger partial charge in [0.1, 0.15) is 6.54 Å². The Hall–Kier alpha value is -2.38. The molecule has 0 atom stereocenters. The summed E-state index contributed by atoms with van der Waals surface area (Å²) in [5.74, 6) is -0.747. The smallest absolute Gasteiger partial charge is 0.325 e. The average Bonchev–Trinajstić information content (AvgIpc) is 2.94. The fourth-order valence-electron chi connectivity index (χ4n) is 1.57. The standard InChI is InChI=1S/C10H13N5O3/c16-8(5-15-9(17)4-13-10(15)18)12-2-1-7-3-11-6-14-7/h3,6H,1-2,4-5H2,(H,11,14)(H,12,16)(H,13,18). The van der Waals surface area contributed by atoms with Crippen molar-refractivity contribution in [1.29, 1.82) is 0 Å². The minimum absolute atomic E-state index is 0.0414. The zero-order valence-electron chi connectivity index (χ0n) is 9.60. The summed E-state index contributed by atoms with van der Waals surface area (Å²) in [6.07, 6.45) is 3.85. The first kappa shape index (κ1) is 12.1. The second kappa shape index (κ2) is 5.30. The summed E-state index contributed by atoms with van der Waals surface area (Å²) in [4.78, 5) is 41.6. The molecule has 3 N–H and O–H groups in total. The molecule has 1 aromatic rings. The van der Waals surface area contributed by atoms with E-state index in [0.717, 1.165) is 10.6 Å². The van der Waals surface area contributed by atoms with Crippen LogP contribution in [0.1, 0.15) is 5.69 Å². The molecule has 4 amide bonds. The van der Waals surface area contributed by atoms with Gasteiger partial charge in [-0.25, -0.2) is 9.78 Å². The highest BCUT2D eigenvalue weighted by Gasteiger charge is 2.29. The second-order valence-corrected chi connectivity index (χ2v) is 3.82. The van der Waals surface area contributed by atoms with Crippen molar-refractivity contribution in [3.63, 3.8) is 0 Å².